The summed E-state index contributed by atoms with van der Waals surface area (Å²) in [5.74, 6) is 0.885. The van der Waals surface area contributed by atoms with Crippen molar-refractivity contribution >= 4 is 15.9 Å². The van der Waals surface area contributed by atoms with Crippen LogP contribution in [0.15, 0.2) is 53.0 Å². The summed E-state index contributed by atoms with van der Waals surface area (Å²) in [5.41, 5.74) is 2.55. The summed E-state index contributed by atoms with van der Waals surface area (Å²) in [5, 5.41) is 3.33. The highest BCUT2D eigenvalue weighted by Crippen LogP contribution is 2.19. The van der Waals surface area contributed by atoms with E-state index < -0.39 is 0 Å². The van der Waals surface area contributed by atoms with Crippen molar-refractivity contribution in [1.82, 2.24) is 5.32 Å². The summed E-state index contributed by atoms with van der Waals surface area (Å²) < 4.78 is 6.80. The van der Waals surface area contributed by atoms with Gasteiger partial charge in [-0.3, -0.25) is 0 Å². The second-order valence-electron chi connectivity index (χ2n) is 4.67. The highest BCUT2D eigenvalue weighted by Gasteiger charge is 1.98. The molecule has 20 heavy (non-hydrogen) atoms. The second-order valence-corrected chi connectivity index (χ2v) is 5.58. The molecule has 0 atom stereocenters. The molecule has 0 aliphatic heterocycles. The zero-order chi connectivity index (χ0) is 14.2. The van der Waals surface area contributed by atoms with E-state index in [9.17, 15) is 0 Å². The van der Waals surface area contributed by atoms with Crippen LogP contribution < -0.4 is 10.1 Å². The van der Waals surface area contributed by atoms with Gasteiger partial charge in [0.2, 0.25) is 0 Å². The first kappa shape index (κ1) is 15.1. The molecule has 2 aromatic rings. The third-order valence-electron chi connectivity index (χ3n) is 3.07. The van der Waals surface area contributed by atoms with Gasteiger partial charge in [-0.1, -0.05) is 53.2 Å². The lowest BCUT2D eigenvalue weighted by molar-refractivity contribution is 0.306. The molecule has 0 saturated carbocycles. The molecule has 0 unspecified atom stereocenters. The van der Waals surface area contributed by atoms with Gasteiger partial charge in [-0.2, -0.15) is 0 Å². The molecule has 0 saturated heterocycles. The minimum atomic E-state index is 0.601. The third-order valence-corrected chi connectivity index (χ3v) is 3.56. The Hall–Kier alpha value is -1.32. The Labute approximate surface area is 129 Å². The van der Waals surface area contributed by atoms with Crippen molar-refractivity contribution in [3.63, 3.8) is 0 Å². The van der Waals surface area contributed by atoms with Gasteiger partial charge in [0.1, 0.15) is 12.4 Å². The van der Waals surface area contributed by atoms with Crippen LogP contribution in [0, 0.1) is 0 Å². The average molecular weight is 334 g/mol. The minimum Gasteiger partial charge on any atom is -0.489 e. The number of rotatable bonds is 7. The molecule has 0 spiro atoms. The van der Waals surface area contributed by atoms with Crippen LogP contribution >= 0.6 is 15.9 Å². The molecule has 3 heteroatoms. The highest BCUT2D eigenvalue weighted by molar-refractivity contribution is 9.10. The van der Waals surface area contributed by atoms with Crippen molar-refractivity contribution in [3.8, 4) is 5.75 Å². The fourth-order valence-electron chi connectivity index (χ4n) is 1.94. The Morgan fingerprint density at radius 1 is 1.05 bits per heavy atom. The molecule has 2 aromatic carbocycles. The van der Waals surface area contributed by atoms with Crippen LogP contribution in [-0.2, 0) is 13.0 Å². The lowest BCUT2D eigenvalue weighted by Crippen LogP contribution is -2.15. The van der Waals surface area contributed by atoms with Gasteiger partial charge in [0.15, 0.2) is 0 Å². The summed E-state index contributed by atoms with van der Waals surface area (Å²) >= 11 is 3.44. The molecule has 0 radical (unpaired) electrons. The third kappa shape index (κ3) is 4.99. The van der Waals surface area contributed by atoms with Gasteiger partial charge in [-0.25, -0.2) is 0 Å². The van der Waals surface area contributed by atoms with Crippen LogP contribution in [0.2, 0.25) is 0 Å². The molecule has 0 aromatic heterocycles. The van der Waals surface area contributed by atoms with Crippen LogP contribution in [0.1, 0.15) is 18.1 Å². The van der Waals surface area contributed by atoms with Gasteiger partial charge in [0.25, 0.3) is 0 Å². The summed E-state index contributed by atoms with van der Waals surface area (Å²) in [4.78, 5) is 0. The van der Waals surface area contributed by atoms with Gasteiger partial charge in [-0.05, 0) is 48.8 Å². The highest BCUT2D eigenvalue weighted by atomic mass is 79.9. The van der Waals surface area contributed by atoms with Gasteiger partial charge in [0.05, 0.1) is 0 Å². The summed E-state index contributed by atoms with van der Waals surface area (Å²) in [6, 6.07) is 16.5. The van der Waals surface area contributed by atoms with E-state index in [4.69, 9.17) is 4.74 Å². The van der Waals surface area contributed by atoms with Gasteiger partial charge < -0.3 is 10.1 Å². The Balaban J connectivity index is 1.84. The molecule has 0 fully saturated rings. The van der Waals surface area contributed by atoms with E-state index in [1.165, 1.54) is 11.1 Å². The molecule has 106 valence electrons. The predicted octanol–water partition coefficient (Wildman–Crippen LogP) is 4.18. The van der Waals surface area contributed by atoms with Crippen LogP contribution in [0.4, 0.5) is 0 Å². The quantitative estimate of drug-likeness (QED) is 0.767. The van der Waals surface area contributed by atoms with E-state index in [0.717, 1.165) is 29.7 Å². The zero-order valence-corrected chi connectivity index (χ0v) is 13.3. The molecule has 0 amide bonds. The van der Waals surface area contributed by atoms with Crippen LogP contribution in [-0.4, -0.2) is 13.1 Å². The van der Waals surface area contributed by atoms with E-state index >= 15 is 0 Å². The number of hydrogen-bond acceptors (Lipinski definition) is 2. The first-order valence-corrected chi connectivity index (χ1v) is 7.74. The van der Waals surface area contributed by atoms with Crippen LogP contribution in [0.5, 0.6) is 5.75 Å². The summed E-state index contributed by atoms with van der Waals surface area (Å²) in [7, 11) is 0. The van der Waals surface area contributed by atoms with Crippen molar-refractivity contribution in [2.24, 2.45) is 0 Å². The van der Waals surface area contributed by atoms with Crippen molar-refractivity contribution < 1.29 is 4.74 Å². The molecule has 1 N–H and O–H groups in total. The van der Waals surface area contributed by atoms with Crippen LogP contribution in [0.25, 0.3) is 0 Å². The van der Waals surface area contributed by atoms with E-state index in [1.807, 2.05) is 24.3 Å². The molecule has 0 aliphatic carbocycles. The van der Waals surface area contributed by atoms with E-state index in [1.54, 1.807) is 0 Å². The first-order chi connectivity index (χ1) is 9.78. The number of nitrogens with one attached hydrogen (secondary N) is 1. The SMILES string of the molecule is CCNCCc1ccc(COc2cccc(Br)c2)cc1. The Morgan fingerprint density at radius 3 is 2.50 bits per heavy atom. The maximum absolute atomic E-state index is 5.77. The van der Waals surface area contributed by atoms with Crippen molar-refractivity contribution in [2.45, 2.75) is 20.0 Å². The molecular formula is C17H20BrNO. The van der Waals surface area contributed by atoms with Crippen molar-refractivity contribution in [3.05, 3.63) is 64.1 Å². The van der Waals surface area contributed by atoms with Crippen molar-refractivity contribution in [2.75, 3.05) is 13.1 Å². The first-order valence-electron chi connectivity index (χ1n) is 6.95. The van der Waals surface area contributed by atoms with Gasteiger partial charge >= 0.3 is 0 Å². The maximum atomic E-state index is 5.77. The summed E-state index contributed by atoms with van der Waals surface area (Å²) in [6.07, 6.45) is 1.07. The summed E-state index contributed by atoms with van der Waals surface area (Å²) in [6.45, 7) is 4.79. The monoisotopic (exact) mass is 333 g/mol. The van der Waals surface area contributed by atoms with Gasteiger partial charge in [-0.15, -0.1) is 0 Å². The number of benzene rings is 2. The molecule has 2 nitrogen and oxygen atoms in total. The fraction of sp³-hybridized carbons (Fsp3) is 0.294. The smallest absolute Gasteiger partial charge is 0.120 e. The molecule has 0 heterocycles. The largest absolute Gasteiger partial charge is 0.489 e. The molecule has 0 bridgehead atoms. The van der Waals surface area contributed by atoms with Crippen molar-refractivity contribution in [1.29, 1.82) is 0 Å². The van der Waals surface area contributed by atoms with E-state index in [-0.39, 0.29) is 0 Å². The Kier molecular flexibility index (Phi) is 6.09. The lowest BCUT2D eigenvalue weighted by atomic mass is 10.1. The minimum absolute atomic E-state index is 0.601. The number of hydrogen-bond donors (Lipinski definition) is 1. The normalized spacial score (nSPS) is 10.5. The topological polar surface area (TPSA) is 21.3 Å². The van der Waals surface area contributed by atoms with E-state index in [2.05, 4.69) is 52.4 Å². The standard InChI is InChI=1S/C17H20BrNO/c1-2-19-11-10-14-6-8-15(9-7-14)13-20-17-5-3-4-16(18)12-17/h3-9,12,19H,2,10-11,13H2,1H3. The average Bonchev–Trinajstić information content (AvgIpc) is 2.47. The molecule has 0 aliphatic rings. The fourth-order valence-corrected chi connectivity index (χ4v) is 2.31. The second kappa shape index (κ2) is 8.08. The molecular weight excluding hydrogens is 314 g/mol. The van der Waals surface area contributed by atoms with Crippen LogP contribution in [0.3, 0.4) is 0 Å². The number of ether oxygens (including phenoxy) is 1. The maximum Gasteiger partial charge on any atom is 0.120 e. The predicted molar refractivity (Wildman–Crippen MR) is 87.2 cm³/mol. The Morgan fingerprint density at radius 2 is 1.80 bits per heavy atom. The lowest BCUT2D eigenvalue weighted by Gasteiger charge is -2.08. The number of likely N-dealkylation sites (N-methyl/N-ethyl adjacent to an activating group) is 1. The molecule has 2 rings (SSSR count). The van der Waals surface area contributed by atoms with Gasteiger partial charge in [0, 0.05) is 4.47 Å². The zero-order valence-electron chi connectivity index (χ0n) is 11.7. The number of halogens is 1. The Bertz CT molecular complexity index is 525. The van der Waals surface area contributed by atoms with E-state index in [0.29, 0.717) is 6.61 Å².